The number of aromatic nitrogens is 3. The van der Waals surface area contributed by atoms with Gasteiger partial charge in [0.05, 0.1) is 25.0 Å². The highest BCUT2D eigenvalue weighted by Gasteiger charge is 2.13. The Morgan fingerprint density at radius 1 is 1.33 bits per heavy atom. The Kier molecular flexibility index (Phi) is 5.16. The predicted octanol–water partition coefficient (Wildman–Crippen LogP) is 1.93. The van der Waals surface area contributed by atoms with Gasteiger partial charge >= 0.3 is 0 Å². The van der Waals surface area contributed by atoms with Gasteiger partial charge in [0.15, 0.2) is 0 Å². The molecule has 0 spiro atoms. The van der Waals surface area contributed by atoms with Crippen molar-refractivity contribution >= 4 is 5.82 Å². The van der Waals surface area contributed by atoms with Crippen LogP contribution in [0.1, 0.15) is 16.8 Å². The molecule has 2 rings (SSSR count). The first-order chi connectivity index (χ1) is 10.2. The van der Waals surface area contributed by atoms with E-state index in [1.54, 1.807) is 25.1 Å². The second-order valence-electron chi connectivity index (χ2n) is 4.84. The summed E-state index contributed by atoms with van der Waals surface area (Å²) in [5, 5.41) is 7.69. The van der Waals surface area contributed by atoms with Gasteiger partial charge in [-0.05, 0) is 31.0 Å². The van der Waals surface area contributed by atoms with Crippen molar-refractivity contribution < 1.29 is 9.47 Å². The van der Waals surface area contributed by atoms with Gasteiger partial charge in [0.25, 0.3) is 0 Å². The first-order valence-corrected chi connectivity index (χ1v) is 6.90. The number of hydrogen-bond donors (Lipinski definition) is 1. The molecule has 114 valence electrons. The number of anilines is 1. The molecule has 0 saturated carbocycles. The molecular formula is C15H22N4O2. The third kappa shape index (κ3) is 3.72. The predicted molar refractivity (Wildman–Crippen MR) is 81.6 cm³/mol. The van der Waals surface area contributed by atoms with E-state index in [1.165, 1.54) is 5.56 Å². The second-order valence-corrected chi connectivity index (χ2v) is 4.84. The smallest absolute Gasteiger partial charge is 0.216 e. The molecule has 0 aliphatic rings. The van der Waals surface area contributed by atoms with Crippen LogP contribution in [0.4, 0.5) is 5.82 Å². The highest BCUT2D eigenvalue weighted by Crippen LogP contribution is 2.22. The van der Waals surface area contributed by atoms with Crippen molar-refractivity contribution in [3.63, 3.8) is 0 Å². The minimum Gasteiger partial charge on any atom is -0.481 e. The summed E-state index contributed by atoms with van der Waals surface area (Å²) in [5.41, 5.74) is 3.20. The molecule has 2 aromatic rings. The second kappa shape index (κ2) is 7.08. The summed E-state index contributed by atoms with van der Waals surface area (Å²) >= 11 is 0. The van der Waals surface area contributed by atoms with Gasteiger partial charge in [-0.3, -0.25) is 0 Å². The zero-order valence-electron chi connectivity index (χ0n) is 13.0. The van der Waals surface area contributed by atoms with E-state index in [0.717, 1.165) is 29.4 Å². The summed E-state index contributed by atoms with van der Waals surface area (Å²) in [7, 11) is 5.24. The third-order valence-electron chi connectivity index (χ3n) is 3.35. The van der Waals surface area contributed by atoms with Crippen molar-refractivity contribution in [2.75, 3.05) is 26.1 Å². The largest absolute Gasteiger partial charge is 0.481 e. The Balaban J connectivity index is 2.06. The van der Waals surface area contributed by atoms with Crippen LogP contribution in [0.2, 0.25) is 0 Å². The zero-order chi connectivity index (χ0) is 15.2. The van der Waals surface area contributed by atoms with E-state index in [-0.39, 0.29) is 0 Å². The summed E-state index contributed by atoms with van der Waals surface area (Å²) in [6.07, 6.45) is 2.68. The molecule has 2 heterocycles. The highest BCUT2D eigenvalue weighted by atomic mass is 16.5. The number of pyridine rings is 1. The summed E-state index contributed by atoms with van der Waals surface area (Å²) in [5.74, 6) is 1.62. The highest BCUT2D eigenvalue weighted by molar-refractivity contribution is 5.41. The van der Waals surface area contributed by atoms with E-state index < -0.39 is 0 Å². The van der Waals surface area contributed by atoms with Gasteiger partial charge in [-0.2, -0.15) is 5.10 Å². The average Bonchev–Trinajstić information content (AvgIpc) is 2.76. The fourth-order valence-corrected chi connectivity index (χ4v) is 2.27. The van der Waals surface area contributed by atoms with Crippen molar-refractivity contribution in [3.8, 4) is 5.88 Å². The van der Waals surface area contributed by atoms with Gasteiger partial charge in [0.2, 0.25) is 5.88 Å². The maximum atomic E-state index is 5.39. The molecule has 0 fully saturated rings. The minimum absolute atomic E-state index is 0.629. The van der Waals surface area contributed by atoms with Crippen LogP contribution in [0, 0.1) is 6.92 Å². The molecule has 0 aromatic carbocycles. The van der Waals surface area contributed by atoms with Gasteiger partial charge in [-0.15, -0.1) is 0 Å². The molecular weight excluding hydrogens is 268 g/mol. The molecule has 2 aromatic heterocycles. The lowest BCUT2D eigenvalue weighted by atomic mass is 10.2. The quantitative estimate of drug-likeness (QED) is 0.844. The molecule has 0 radical (unpaired) electrons. The first-order valence-electron chi connectivity index (χ1n) is 6.90. The van der Waals surface area contributed by atoms with E-state index in [9.17, 15) is 0 Å². The average molecular weight is 290 g/mol. The fourth-order valence-electron chi connectivity index (χ4n) is 2.27. The lowest BCUT2D eigenvalue weighted by Crippen LogP contribution is -2.05. The van der Waals surface area contributed by atoms with Gasteiger partial charge in [-0.1, -0.05) is 0 Å². The topological polar surface area (TPSA) is 61.2 Å². The van der Waals surface area contributed by atoms with E-state index in [1.807, 2.05) is 26.1 Å². The number of hydrogen-bond acceptors (Lipinski definition) is 5. The Hall–Kier alpha value is -2.08. The van der Waals surface area contributed by atoms with E-state index >= 15 is 0 Å². The first kappa shape index (κ1) is 15.3. The molecule has 0 atom stereocenters. The summed E-state index contributed by atoms with van der Waals surface area (Å²) in [6, 6.07) is 4.04. The Labute approximate surface area is 125 Å². The monoisotopic (exact) mass is 290 g/mol. The molecule has 1 N–H and O–H groups in total. The molecule has 6 nitrogen and oxygen atoms in total. The maximum Gasteiger partial charge on any atom is 0.216 e. The standard InChI is InChI=1S/C15H22N4O2/c1-11-13(15(21-4)19(2)18-11)10-17-14-9-12(5-7-16-14)6-8-20-3/h5,7,9H,6,8,10H2,1-4H3,(H,16,17). The van der Waals surface area contributed by atoms with Crippen LogP contribution in [0.5, 0.6) is 5.88 Å². The van der Waals surface area contributed by atoms with Crippen molar-refractivity contribution in [1.29, 1.82) is 0 Å². The number of nitrogens with zero attached hydrogens (tertiary/aromatic N) is 3. The van der Waals surface area contributed by atoms with Gasteiger partial charge in [-0.25, -0.2) is 9.67 Å². The lowest BCUT2D eigenvalue weighted by molar-refractivity contribution is 0.202. The molecule has 0 saturated heterocycles. The van der Waals surface area contributed by atoms with Crippen molar-refractivity contribution in [1.82, 2.24) is 14.8 Å². The Morgan fingerprint density at radius 2 is 2.14 bits per heavy atom. The van der Waals surface area contributed by atoms with Crippen LogP contribution in [-0.4, -0.2) is 35.6 Å². The SMILES string of the molecule is COCCc1ccnc(NCc2c(C)nn(C)c2OC)c1. The van der Waals surface area contributed by atoms with Gasteiger partial charge < -0.3 is 14.8 Å². The normalized spacial score (nSPS) is 10.7. The van der Waals surface area contributed by atoms with E-state index in [0.29, 0.717) is 13.2 Å². The lowest BCUT2D eigenvalue weighted by Gasteiger charge is -2.09. The molecule has 6 heteroatoms. The van der Waals surface area contributed by atoms with Crippen LogP contribution in [0.15, 0.2) is 18.3 Å². The summed E-state index contributed by atoms with van der Waals surface area (Å²) in [6.45, 7) is 3.31. The number of rotatable bonds is 7. The molecule has 0 aliphatic heterocycles. The van der Waals surface area contributed by atoms with Crippen LogP contribution in [-0.2, 0) is 24.8 Å². The van der Waals surface area contributed by atoms with Crippen molar-refractivity contribution in [2.24, 2.45) is 7.05 Å². The molecule has 0 bridgehead atoms. The zero-order valence-corrected chi connectivity index (χ0v) is 13.0. The van der Waals surface area contributed by atoms with Crippen LogP contribution < -0.4 is 10.1 Å². The minimum atomic E-state index is 0.629. The maximum absolute atomic E-state index is 5.39. The van der Waals surface area contributed by atoms with Crippen LogP contribution in [0.3, 0.4) is 0 Å². The Morgan fingerprint density at radius 3 is 2.86 bits per heavy atom. The van der Waals surface area contributed by atoms with Crippen molar-refractivity contribution in [2.45, 2.75) is 19.9 Å². The Bertz CT molecular complexity index is 595. The van der Waals surface area contributed by atoms with Crippen molar-refractivity contribution in [3.05, 3.63) is 35.2 Å². The fraction of sp³-hybridized carbons (Fsp3) is 0.467. The summed E-state index contributed by atoms with van der Waals surface area (Å²) < 4.78 is 12.2. The molecule has 0 amide bonds. The van der Waals surface area contributed by atoms with Gasteiger partial charge in [0, 0.05) is 26.9 Å². The number of aryl methyl sites for hydroxylation is 2. The molecule has 21 heavy (non-hydrogen) atoms. The molecule has 0 unspecified atom stereocenters. The number of ether oxygens (including phenoxy) is 2. The molecule has 0 aliphatic carbocycles. The van der Waals surface area contributed by atoms with Crippen LogP contribution >= 0.6 is 0 Å². The number of nitrogens with one attached hydrogen (secondary N) is 1. The summed E-state index contributed by atoms with van der Waals surface area (Å²) in [4.78, 5) is 4.33. The van der Waals surface area contributed by atoms with E-state index in [2.05, 4.69) is 15.4 Å². The number of methoxy groups -OCH3 is 2. The third-order valence-corrected chi connectivity index (χ3v) is 3.35. The van der Waals surface area contributed by atoms with E-state index in [4.69, 9.17) is 9.47 Å². The van der Waals surface area contributed by atoms with Gasteiger partial charge in [0.1, 0.15) is 5.82 Å². The van der Waals surface area contributed by atoms with Crippen LogP contribution in [0.25, 0.3) is 0 Å².